The molecule has 0 bridgehead atoms. The van der Waals surface area contributed by atoms with Crippen molar-refractivity contribution in [1.82, 2.24) is 14.3 Å². The molecule has 174 valence electrons. The van der Waals surface area contributed by atoms with Crippen LogP contribution in [0.3, 0.4) is 0 Å². The third kappa shape index (κ3) is 3.80. The molecule has 0 unspecified atom stereocenters. The van der Waals surface area contributed by atoms with Crippen LogP contribution in [-0.2, 0) is 0 Å². The Hall–Kier alpha value is -5.10. The van der Waals surface area contributed by atoms with Crippen LogP contribution in [0.1, 0.15) is 0 Å². The zero-order chi connectivity index (χ0) is 24.5. The van der Waals surface area contributed by atoms with E-state index < -0.39 is 0 Å². The van der Waals surface area contributed by atoms with Crippen molar-refractivity contribution >= 4 is 22.4 Å². The fraction of sp³-hybridized carbons (Fsp3) is 0. The van der Waals surface area contributed by atoms with Crippen LogP contribution in [0.15, 0.2) is 126 Å². The summed E-state index contributed by atoms with van der Waals surface area (Å²) in [7, 11) is 0. The second-order valence-corrected chi connectivity index (χ2v) is 8.41. The average Bonchev–Trinajstić information content (AvgIpc) is 3.22. The number of rotatable bonds is 5. The number of hydrogen-bond acceptors (Lipinski definition) is 4. The zero-order valence-electron chi connectivity index (χ0n) is 19.2. The maximum atomic E-state index is 14.1. The Labute approximate surface area is 207 Å². The average molecular weight is 471 g/mol. The molecule has 4 aromatic carbocycles. The van der Waals surface area contributed by atoms with E-state index in [1.165, 1.54) is 0 Å². The SMILES string of the molecule is O=c1c2c(-c3cccc(O)c3)cc(Nc3ccccn3)cc2n(-c2ccccc2)n1-c1ccccc1. The largest absolute Gasteiger partial charge is 0.508 e. The van der Waals surface area contributed by atoms with Gasteiger partial charge in [0.1, 0.15) is 11.6 Å². The summed E-state index contributed by atoms with van der Waals surface area (Å²) in [5, 5.41) is 14.1. The molecule has 0 aliphatic carbocycles. The van der Waals surface area contributed by atoms with Crippen LogP contribution in [0.25, 0.3) is 33.4 Å². The summed E-state index contributed by atoms with van der Waals surface area (Å²) in [6.45, 7) is 0. The van der Waals surface area contributed by atoms with Gasteiger partial charge in [0, 0.05) is 11.9 Å². The summed E-state index contributed by atoms with van der Waals surface area (Å²) in [5.41, 5.74) is 4.42. The van der Waals surface area contributed by atoms with Gasteiger partial charge in [-0.05, 0) is 71.8 Å². The fourth-order valence-corrected chi connectivity index (χ4v) is 4.51. The summed E-state index contributed by atoms with van der Waals surface area (Å²) in [6.07, 6.45) is 1.72. The molecule has 36 heavy (non-hydrogen) atoms. The smallest absolute Gasteiger partial charge is 0.280 e. The molecule has 6 nitrogen and oxygen atoms in total. The lowest BCUT2D eigenvalue weighted by molar-refractivity contribution is 0.475. The standard InChI is InChI=1S/C30H22N4O2/c35-25-15-9-10-21(18-25)26-19-22(32-28-16-7-8-17-31-28)20-27-29(26)30(36)34(24-13-5-2-6-14-24)33(27)23-11-3-1-4-12-23/h1-20,35H,(H,31,32). The van der Waals surface area contributed by atoms with E-state index in [0.717, 1.165) is 28.1 Å². The highest BCUT2D eigenvalue weighted by Crippen LogP contribution is 2.35. The van der Waals surface area contributed by atoms with Gasteiger partial charge in [-0.15, -0.1) is 0 Å². The Kier molecular flexibility index (Phi) is 5.31. The second-order valence-electron chi connectivity index (χ2n) is 8.41. The summed E-state index contributed by atoms with van der Waals surface area (Å²) >= 11 is 0. The number of nitrogens with one attached hydrogen (secondary N) is 1. The van der Waals surface area contributed by atoms with Crippen LogP contribution in [-0.4, -0.2) is 19.5 Å². The van der Waals surface area contributed by atoms with E-state index in [4.69, 9.17) is 0 Å². The number of hydrogen-bond donors (Lipinski definition) is 2. The molecular weight excluding hydrogens is 448 g/mol. The Bertz CT molecular complexity index is 1720. The third-order valence-corrected chi connectivity index (χ3v) is 6.05. The Morgan fingerprint density at radius 3 is 2.06 bits per heavy atom. The highest BCUT2D eigenvalue weighted by atomic mass is 16.3. The van der Waals surface area contributed by atoms with Crippen molar-refractivity contribution in [3.63, 3.8) is 0 Å². The van der Waals surface area contributed by atoms with Crippen molar-refractivity contribution in [2.75, 3.05) is 5.32 Å². The minimum atomic E-state index is -0.150. The van der Waals surface area contributed by atoms with Crippen LogP contribution in [0.2, 0.25) is 0 Å². The van der Waals surface area contributed by atoms with Crippen LogP contribution in [0, 0.1) is 0 Å². The molecule has 0 radical (unpaired) electrons. The molecule has 2 aromatic heterocycles. The maximum absolute atomic E-state index is 14.1. The Morgan fingerprint density at radius 1 is 0.694 bits per heavy atom. The lowest BCUT2D eigenvalue weighted by Crippen LogP contribution is -2.20. The Morgan fingerprint density at radius 2 is 1.39 bits per heavy atom. The molecule has 2 N–H and O–H groups in total. The van der Waals surface area contributed by atoms with Gasteiger partial charge in [0.2, 0.25) is 0 Å². The molecule has 0 saturated heterocycles. The molecule has 6 rings (SSSR count). The van der Waals surface area contributed by atoms with Crippen molar-refractivity contribution in [2.24, 2.45) is 0 Å². The van der Waals surface area contributed by atoms with E-state index in [0.29, 0.717) is 16.8 Å². The van der Waals surface area contributed by atoms with Gasteiger partial charge in [0.25, 0.3) is 5.56 Å². The summed E-state index contributed by atoms with van der Waals surface area (Å²) in [6, 6.07) is 35.9. The summed E-state index contributed by atoms with van der Waals surface area (Å²) in [5.74, 6) is 0.824. The number of benzene rings is 4. The molecule has 0 atom stereocenters. The normalized spacial score (nSPS) is 11.0. The van der Waals surface area contributed by atoms with Gasteiger partial charge in [-0.3, -0.25) is 4.79 Å². The summed E-state index contributed by atoms with van der Waals surface area (Å²) in [4.78, 5) is 18.5. The fourth-order valence-electron chi connectivity index (χ4n) is 4.51. The lowest BCUT2D eigenvalue weighted by Gasteiger charge is -2.14. The lowest BCUT2D eigenvalue weighted by atomic mass is 10.0. The van der Waals surface area contributed by atoms with E-state index in [1.54, 1.807) is 29.1 Å². The Balaban J connectivity index is 1.73. The predicted octanol–water partition coefficient (Wildman–Crippen LogP) is 6.29. The number of pyridine rings is 1. The predicted molar refractivity (Wildman–Crippen MR) is 143 cm³/mol. The monoisotopic (exact) mass is 470 g/mol. The number of aromatic nitrogens is 3. The number of phenolic OH excluding ortho intramolecular Hbond substituents is 1. The van der Waals surface area contributed by atoms with Crippen LogP contribution < -0.4 is 10.9 Å². The number of phenols is 1. The van der Waals surface area contributed by atoms with Crippen LogP contribution in [0.4, 0.5) is 11.5 Å². The summed E-state index contributed by atoms with van der Waals surface area (Å²) < 4.78 is 3.62. The number of anilines is 2. The van der Waals surface area contributed by atoms with Crippen LogP contribution >= 0.6 is 0 Å². The minimum absolute atomic E-state index is 0.134. The van der Waals surface area contributed by atoms with Crippen LogP contribution in [0.5, 0.6) is 5.75 Å². The minimum Gasteiger partial charge on any atom is -0.508 e. The van der Waals surface area contributed by atoms with Crippen molar-refractivity contribution in [1.29, 1.82) is 0 Å². The molecule has 0 amide bonds. The number of para-hydroxylation sites is 2. The molecule has 2 heterocycles. The third-order valence-electron chi connectivity index (χ3n) is 6.05. The molecule has 0 saturated carbocycles. The van der Waals surface area contributed by atoms with Gasteiger partial charge in [-0.25, -0.2) is 14.3 Å². The van der Waals surface area contributed by atoms with Crippen molar-refractivity contribution in [2.45, 2.75) is 0 Å². The molecule has 6 heteroatoms. The van der Waals surface area contributed by atoms with Gasteiger partial charge in [0.15, 0.2) is 0 Å². The van der Waals surface area contributed by atoms with Gasteiger partial charge in [0.05, 0.1) is 22.3 Å². The molecule has 0 fully saturated rings. The van der Waals surface area contributed by atoms with Gasteiger partial charge in [-0.1, -0.05) is 54.6 Å². The highest BCUT2D eigenvalue weighted by molar-refractivity contribution is 5.99. The van der Waals surface area contributed by atoms with Gasteiger partial charge >= 0.3 is 0 Å². The van der Waals surface area contributed by atoms with E-state index in [2.05, 4.69) is 10.3 Å². The molecule has 0 spiro atoms. The van der Waals surface area contributed by atoms with E-state index in [1.807, 2.05) is 102 Å². The van der Waals surface area contributed by atoms with Crippen molar-refractivity contribution < 1.29 is 5.11 Å². The van der Waals surface area contributed by atoms with Crippen molar-refractivity contribution in [3.05, 3.63) is 132 Å². The van der Waals surface area contributed by atoms with E-state index in [-0.39, 0.29) is 11.3 Å². The first kappa shape index (κ1) is 21.4. The van der Waals surface area contributed by atoms with E-state index >= 15 is 0 Å². The first-order valence-electron chi connectivity index (χ1n) is 11.6. The molecule has 0 aliphatic heterocycles. The number of nitrogens with zero attached hydrogens (tertiary/aromatic N) is 3. The highest BCUT2D eigenvalue weighted by Gasteiger charge is 2.21. The topological polar surface area (TPSA) is 72.1 Å². The van der Waals surface area contributed by atoms with E-state index in [9.17, 15) is 9.90 Å². The zero-order valence-corrected chi connectivity index (χ0v) is 19.2. The molecular formula is C30H22N4O2. The maximum Gasteiger partial charge on any atom is 0.280 e. The quantitative estimate of drug-likeness (QED) is 0.310. The molecule has 6 aromatic rings. The number of aromatic hydroxyl groups is 1. The van der Waals surface area contributed by atoms with Crippen molar-refractivity contribution in [3.8, 4) is 28.3 Å². The molecule has 0 aliphatic rings. The van der Waals surface area contributed by atoms with Gasteiger partial charge in [-0.2, -0.15) is 0 Å². The first-order chi connectivity index (χ1) is 17.7. The number of fused-ring (bicyclic) bond motifs is 1. The second kappa shape index (κ2) is 8.92. The first-order valence-corrected chi connectivity index (χ1v) is 11.6. The van der Waals surface area contributed by atoms with Gasteiger partial charge < -0.3 is 10.4 Å².